The van der Waals surface area contributed by atoms with Crippen LogP contribution in [0.1, 0.15) is 17.9 Å². The zero-order valence-electron chi connectivity index (χ0n) is 17.4. The lowest BCUT2D eigenvalue weighted by molar-refractivity contribution is -0.129. The molecule has 4 rings (SSSR count). The summed E-state index contributed by atoms with van der Waals surface area (Å²) in [4.78, 5) is 32.3. The molecule has 4 aromatic rings. The lowest BCUT2D eigenvalue weighted by Crippen LogP contribution is -2.33. The van der Waals surface area contributed by atoms with Gasteiger partial charge in [0.05, 0.1) is 54.8 Å². The largest absolute Gasteiger partial charge is 0.467 e. The number of benzene rings is 1. The fourth-order valence-corrected chi connectivity index (χ4v) is 4.33. The highest BCUT2D eigenvalue weighted by Crippen LogP contribution is 2.22. The molecule has 0 aliphatic rings. The molecule has 0 saturated heterocycles. The van der Waals surface area contributed by atoms with Crippen molar-refractivity contribution in [3.63, 3.8) is 0 Å². The number of hydrogen-bond donors (Lipinski definition) is 0. The lowest BCUT2D eigenvalue weighted by Gasteiger charge is -2.20. The molecule has 1 aromatic carbocycles. The van der Waals surface area contributed by atoms with E-state index in [9.17, 15) is 9.59 Å². The number of rotatable bonds is 9. The Balaban J connectivity index is 1.61. The number of nitriles is 1. The number of hydrogen-bond acceptors (Lipinski definition) is 7. The molecule has 0 radical (unpaired) electrons. The minimum atomic E-state index is -0.250. The molecule has 33 heavy (non-hydrogen) atoms. The Labute approximate surface area is 198 Å². The van der Waals surface area contributed by atoms with Gasteiger partial charge in [-0.3, -0.25) is 14.2 Å². The zero-order valence-corrected chi connectivity index (χ0v) is 19.0. The molecule has 0 bridgehead atoms. The first-order valence-corrected chi connectivity index (χ1v) is 11.4. The Morgan fingerprint density at radius 1 is 1.18 bits per heavy atom. The van der Waals surface area contributed by atoms with E-state index in [0.717, 1.165) is 11.8 Å². The van der Waals surface area contributed by atoms with Crippen molar-refractivity contribution in [1.29, 1.82) is 5.26 Å². The van der Waals surface area contributed by atoms with Crippen molar-refractivity contribution in [3.05, 3.63) is 81.9 Å². The number of carbonyl (C=O) groups is 1. The van der Waals surface area contributed by atoms with Gasteiger partial charge >= 0.3 is 0 Å². The average Bonchev–Trinajstić information content (AvgIpc) is 3.51. The fraction of sp³-hybridized carbons (Fsp3) is 0.217. The number of thioether (sulfide) groups is 1. The van der Waals surface area contributed by atoms with E-state index in [1.54, 1.807) is 47.4 Å². The van der Waals surface area contributed by atoms with Crippen LogP contribution in [-0.2, 0) is 17.9 Å². The summed E-state index contributed by atoms with van der Waals surface area (Å²) in [6.45, 7) is 0.711. The molecule has 168 valence electrons. The third-order valence-corrected chi connectivity index (χ3v) is 6.07. The molecular weight excluding hydrogens is 464 g/mol. The van der Waals surface area contributed by atoms with Gasteiger partial charge in [0, 0.05) is 11.6 Å². The monoisotopic (exact) mass is 482 g/mol. The van der Waals surface area contributed by atoms with Gasteiger partial charge in [0.2, 0.25) is 5.91 Å². The Morgan fingerprint density at radius 2 is 1.94 bits per heavy atom. The second kappa shape index (κ2) is 10.4. The van der Waals surface area contributed by atoms with E-state index in [4.69, 9.17) is 25.7 Å². The molecular formula is C23H19ClN4O4S. The van der Waals surface area contributed by atoms with Crippen LogP contribution in [0.25, 0.3) is 10.9 Å². The van der Waals surface area contributed by atoms with Crippen molar-refractivity contribution in [2.24, 2.45) is 0 Å². The standard InChI is InChI=1S/C23H19ClN4O4S/c24-16-6-7-19-20(12-16)26-23(28(22(19)30)14-18-5-2-11-32-18)33-15-21(29)27(9-3-8-25)13-17-4-1-10-31-17/h1-2,4-7,10-12H,3,9,13-15H2. The number of carbonyl (C=O) groups excluding carboxylic acids is 1. The lowest BCUT2D eigenvalue weighted by atomic mass is 10.2. The van der Waals surface area contributed by atoms with Gasteiger partial charge in [-0.1, -0.05) is 23.4 Å². The summed E-state index contributed by atoms with van der Waals surface area (Å²) in [6.07, 6.45) is 3.27. The minimum absolute atomic E-state index is 0.0306. The van der Waals surface area contributed by atoms with Gasteiger partial charge in [-0.2, -0.15) is 5.26 Å². The Kier molecular flexibility index (Phi) is 7.17. The molecule has 0 aliphatic carbocycles. The van der Waals surface area contributed by atoms with E-state index >= 15 is 0 Å². The van der Waals surface area contributed by atoms with Crippen LogP contribution in [0.5, 0.6) is 0 Å². The highest BCUT2D eigenvalue weighted by molar-refractivity contribution is 7.99. The van der Waals surface area contributed by atoms with E-state index in [1.165, 1.54) is 17.1 Å². The van der Waals surface area contributed by atoms with Gasteiger partial charge in [0.15, 0.2) is 5.16 Å². The molecule has 3 heterocycles. The molecule has 0 aliphatic heterocycles. The molecule has 0 unspecified atom stereocenters. The highest BCUT2D eigenvalue weighted by atomic mass is 35.5. The van der Waals surface area contributed by atoms with Crippen molar-refractivity contribution in [2.45, 2.75) is 24.7 Å². The fourth-order valence-electron chi connectivity index (χ4n) is 3.27. The number of amides is 1. The average molecular weight is 483 g/mol. The maximum Gasteiger partial charge on any atom is 0.262 e. The van der Waals surface area contributed by atoms with E-state index in [2.05, 4.69) is 11.1 Å². The normalized spacial score (nSPS) is 10.9. The smallest absolute Gasteiger partial charge is 0.262 e. The summed E-state index contributed by atoms with van der Waals surface area (Å²) in [5, 5.41) is 10.2. The van der Waals surface area contributed by atoms with Gasteiger partial charge in [0.1, 0.15) is 11.5 Å². The van der Waals surface area contributed by atoms with Gasteiger partial charge in [-0.25, -0.2) is 4.98 Å². The summed E-state index contributed by atoms with van der Waals surface area (Å²) >= 11 is 7.25. The third-order valence-electron chi connectivity index (χ3n) is 4.87. The molecule has 0 spiro atoms. The second-order valence-corrected chi connectivity index (χ2v) is 8.50. The van der Waals surface area contributed by atoms with Gasteiger partial charge in [-0.15, -0.1) is 0 Å². The number of furan rings is 2. The van der Waals surface area contributed by atoms with Crippen molar-refractivity contribution in [3.8, 4) is 6.07 Å². The Bertz CT molecular complexity index is 1340. The van der Waals surface area contributed by atoms with Crippen molar-refractivity contribution < 1.29 is 13.6 Å². The van der Waals surface area contributed by atoms with Crippen LogP contribution in [0, 0.1) is 11.3 Å². The predicted molar refractivity (Wildman–Crippen MR) is 124 cm³/mol. The minimum Gasteiger partial charge on any atom is -0.467 e. The van der Waals surface area contributed by atoms with E-state index in [1.807, 2.05) is 0 Å². The summed E-state index contributed by atoms with van der Waals surface area (Å²) < 4.78 is 12.2. The first kappa shape index (κ1) is 22.7. The maximum absolute atomic E-state index is 13.2. The van der Waals surface area contributed by atoms with E-state index < -0.39 is 0 Å². The molecule has 0 N–H and O–H groups in total. The predicted octanol–water partition coefficient (Wildman–Crippen LogP) is 4.32. The Hall–Kier alpha value is -3.48. The van der Waals surface area contributed by atoms with Crippen LogP contribution in [-0.4, -0.2) is 32.7 Å². The van der Waals surface area contributed by atoms with E-state index in [-0.39, 0.29) is 43.3 Å². The van der Waals surface area contributed by atoms with Crippen molar-refractivity contribution in [2.75, 3.05) is 12.3 Å². The van der Waals surface area contributed by atoms with Crippen LogP contribution in [0.2, 0.25) is 5.02 Å². The quantitative estimate of drug-likeness (QED) is 0.258. The van der Waals surface area contributed by atoms with Crippen molar-refractivity contribution >= 4 is 40.2 Å². The number of nitrogens with zero attached hydrogens (tertiary/aromatic N) is 4. The molecule has 1 amide bonds. The second-order valence-electron chi connectivity index (χ2n) is 7.12. The molecule has 0 fully saturated rings. The van der Waals surface area contributed by atoms with Crippen LogP contribution in [0.3, 0.4) is 0 Å². The maximum atomic E-state index is 13.2. The summed E-state index contributed by atoms with van der Waals surface area (Å²) in [5.41, 5.74) is 0.204. The van der Waals surface area contributed by atoms with Crippen LogP contribution >= 0.6 is 23.4 Å². The first-order valence-electron chi connectivity index (χ1n) is 10.1. The molecule has 10 heteroatoms. The molecule has 8 nitrogen and oxygen atoms in total. The van der Waals surface area contributed by atoms with Gasteiger partial charge in [0.25, 0.3) is 5.56 Å². The highest BCUT2D eigenvalue weighted by Gasteiger charge is 2.19. The summed E-state index contributed by atoms with van der Waals surface area (Å²) in [5.74, 6) is 1.05. The molecule has 3 aromatic heterocycles. The van der Waals surface area contributed by atoms with E-state index in [0.29, 0.717) is 32.6 Å². The Morgan fingerprint density at radius 3 is 2.64 bits per heavy atom. The van der Waals surface area contributed by atoms with Crippen molar-refractivity contribution in [1.82, 2.24) is 14.5 Å². The SMILES string of the molecule is N#CCCN(Cc1ccco1)C(=O)CSc1nc2cc(Cl)ccc2c(=O)n1Cc1ccco1. The van der Waals surface area contributed by atoms with Crippen LogP contribution in [0.15, 0.2) is 73.8 Å². The van der Waals surface area contributed by atoms with Crippen LogP contribution in [0.4, 0.5) is 0 Å². The summed E-state index contributed by atoms with van der Waals surface area (Å²) in [7, 11) is 0. The molecule has 0 saturated carbocycles. The van der Waals surface area contributed by atoms with Gasteiger partial charge < -0.3 is 13.7 Å². The van der Waals surface area contributed by atoms with Gasteiger partial charge in [-0.05, 0) is 42.5 Å². The zero-order chi connectivity index (χ0) is 23.2. The number of halogens is 1. The number of fused-ring (bicyclic) bond motifs is 1. The summed E-state index contributed by atoms with van der Waals surface area (Å²) in [6, 6.07) is 14.0. The first-order chi connectivity index (χ1) is 16.0. The topological polar surface area (TPSA) is 105 Å². The van der Waals surface area contributed by atoms with Crippen LogP contribution < -0.4 is 5.56 Å². The molecule has 0 atom stereocenters. The number of aromatic nitrogens is 2. The third kappa shape index (κ3) is 5.48.